The lowest BCUT2D eigenvalue weighted by molar-refractivity contribution is -0.128. The number of aryl methyl sites for hydroxylation is 2. The maximum absolute atomic E-state index is 14.9. The monoisotopic (exact) mass is 560 g/mol. The molecule has 5 heteroatoms. The first-order valence-electron chi connectivity index (χ1n) is 15.2. The number of para-hydroxylation sites is 1. The molecule has 1 amide bonds. The van der Waals surface area contributed by atoms with Crippen molar-refractivity contribution in [3.8, 4) is 0 Å². The van der Waals surface area contributed by atoms with Crippen molar-refractivity contribution in [1.29, 1.82) is 0 Å². The van der Waals surface area contributed by atoms with E-state index in [9.17, 15) is 14.4 Å². The van der Waals surface area contributed by atoms with Crippen LogP contribution < -0.4 is 10.2 Å². The Balaban J connectivity index is 1.57. The van der Waals surface area contributed by atoms with E-state index in [1.54, 1.807) is 0 Å². The van der Waals surface area contributed by atoms with E-state index in [2.05, 4.69) is 29.3 Å². The second kappa shape index (κ2) is 10.4. The van der Waals surface area contributed by atoms with Gasteiger partial charge >= 0.3 is 0 Å². The van der Waals surface area contributed by atoms with Crippen LogP contribution in [0.15, 0.2) is 72.8 Å². The molecule has 0 saturated carbocycles. The molecule has 1 fully saturated rings. The number of anilines is 2. The minimum Gasteiger partial charge on any atom is -0.352 e. The average Bonchev–Trinajstić information content (AvgIpc) is 3.44. The van der Waals surface area contributed by atoms with Gasteiger partial charge in [0.2, 0.25) is 5.91 Å². The van der Waals surface area contributed by atoms with Crippen LogP contribution in [0, 0.1) is 18.3 Å². The Labute approximate surface area is 249 Å². The number of Topliss-reactive ketones (excluding diaryl/α,β-unsaturated/α-hetero) is 2. The zero-order valence-electron chi connectivity index (χ0n) is 25.2. The van der Waals surface area contributed by atoms with Gasteiger partial charge < -0.3 is 10.2 Å². The quantitative estimate of drug-likeness (QED) is 0.243. The van der Waals surface area contributed by atoms with Crippen molar-refractivity contribution < 1.29 is 14.4 Å². The number of carbonyl (C=O) groups is 3. The van der Waals surface area contributed by atoms with E-state index in [-0.39, 0.29) is 17.5 Å². The molecule has 3 aliphatic heterocycles. The summed E-state index contributed by atoms with van der Waals surface area (Å²) in [6.07, 6.45) is 8.49. The van der Waals surface area contributed by atoms with Gasteiger partial charge in [0, 0.05) is 22.4 Å². The van der Waals surface area contributed by atoms with Crippen LogP contribution >= 0.6 is 0 Å². The van der Waals surface area contributed by atoms with Gasteiger partial charge in [-0.2, -0.15) is 0 Å². The summed E-state index contributed by atoms with van der Waals surface area (Å²) in [5, 5.41) is 3.11. The maximum Gasteiger partial charge on any atom is 0.238 e. The number of ketones is 2. The summed E-state index contributed by atoms with van der Waals surface area (Å²) in [7, 11) is 0. The van der Waals surface area contributed by atoms with Crippen LogP contribution in [0.25, 0.3) is 6.08 Å². The Kier molecular flexibility index (Phi) is 6.95. The van der Waals surface area contributed by atoms with Crippen LogP contribution in [-0.2, 0) is 21.4 Å². The number of hydrogen-bond acceptors (Lipinski definition) is 4. The van der Waals surface area contributed by atoms with E-state index in [4.69, 9.17) is 0 Å². The van der Waals surface area contributed by atoms with Crippen LogP contribution in [0.4, 0.5) is 11.4 Å². The zero-order valence-corrected chi connectivity index (χ0v) is 25.2. The molecule has 6 rings (SSSR count). The lowest BCUT2D eigenvalue weighted by Crippen LogP contribution is -2.51. The fourth-order valence-corrected chi connectivity index (χ4v) is 7.34. The minimum absolute atomic E-state index is 0.0436. The van der Waals surface area contributed by atoms with Gasteiger partial charge in [-0.15, -0.1) is 0 Å². The van der Waals surface area contributed by atoms with Gasteiger partial charge in [0.1, 0.15) is 11.5 Å². The first-order valence-corrected chi connectivity index (χ1v) is 15.2. The predicted octanol–water partition coefficient (Wildman–Crippen LogP) is 7.32. The van der Waals surface area contributed by atoms with Gasteiger partial charge in [0.15, 0.2) is 11.6 Å². The first kappa shape index (κ1) is 28.1. The smallest absolute Gasteiger partial charge is 0.238 e. The molecule has 3 aromatic carbocycles. The molecule has 0 bridgehead atoms. The molecule has 42 heavy (non-hydrogen) atoms. The number of rotatable bonds is 7. The predicted molar refractivity (Wildman–Crippen MR) is 169 cm³/mol. The highest BCUT2D eigenvalue weighted by atomic mass is 16.2. The van der Waals surface area contributed by atoms with E-state index in [1.807, 2.05) is 94.4 Å². The van der Waals surface area contributed by atoms with Crippen LogP contribution in [0.5, 0.6) is 0 Å². The molecule has 5 nitrogen and oxygen atoms in total. The van der Waals surface area contributed by atoms with Crippen molar-refractivity contribution in [1.82, 2.24) is 0 Å². The van der Waals surface area contributed by atoms with Gasteiger partial charge in [-0.25, -0.2) is 0 Å². The molecule has 0 aromatic heterocycles. The molecule has 3 aromatic rings. The fraction of sp³-hybridized carbons (Fsp3) is 0.378. The van der Waals surface area contributed by atoms with Gasteiger partial charge in [-0.05, 0) is 54.7 Å². The Morgan fingerprint density at radius 2 is 1.71 bits per heavy atom. The summed E-state index contributed by atoms with van der Waals surface area (Å²) in [6.45, 7) is 9.94. The number of fused-ring (bicyclic) bond motifs is 6. The van der Waals surface area contributed by atoms with Crippen molar-refractivity contribution in [3.63, 3.8) is 0 Å². The topological polar surface area (TPSA) is 66.5 Å². The number of carbonyl (C=O) groups excluding carboxylic acids is 3. The van der Waals surface area contributed by atoms with Crippen LogP contribution in [0.3, 0.4) is 0 Å². The lowest BCUT2D eigenvalue weighted by Gasteiger charge is -2.38. The normalized spacial score (nSPS) is 23.9. The average molecular weight is 561 g/mol. The van der Waals surface area contributed by atoms with Crippen molar-refractivity contribution in [2.45, 2.75) is 77.8 Å². The molecule has 1 N–H and O–H groups in total. The van der Waals surface area contributed by atoms with E-state index < -0.39 is 28.8 Å². The van der Waals surface area contributed by atoms with E-state index in [0.29, 0.717) is 11.3 Å². The van der Waals surface area contributed by atoms with Crippen molar-refractivity contribution in [2.24, 2.45) is 11.3 Å². The van der Waals surface area contributed by atoms with Crippen molar-refractivity contribution in [2.75, 3.05) is 10.2 Å². The molecule has 0 aliphatic carbocycles. The number of nitrogens with zero attached hydrogens (tertiary/aromatic N) is 1. The Morgan fingerprint density at radius 3 is 2.43 bits per heavy atom. The molecule has 0 radical (unpaired) electrons. The third-order valence-electron chi connectivity index (χ3n) is 9.39. The Hall–Kier alpha value is -3.99. The SMILES string of the molecule is CCCCCc1ccc(C(=O)C2C(C(=O)C(C)(C)C)N3c4ccc(C)cc4C=CC3C23C(=O)Nc2ccccc23)cc1. The van der Waals surface area contributed by atoms with Crippen LogP contribution in [0.2, 0.25) is 0 Å². The molecule has 1 spiro atoms. The van der Waals surface area contributed by atoms with Gasteiger partial charge in [-0.1, -0.05) is 107 Å². The summed E-state index contributed by atoms with van der Waals surface area (Å²) in [5.41, 5.74) is 4.20. The molecular formula is C37H40N2O3. The number of nitrogens with one attached hydrogen (secondary N) is 1. The second-order valence-corrected chi connectivity index (χ2v) is 13.2. The molecule has 1 saturated heterocycles. The number of benzene rings is 3. The highest BCUT2D eigenvalue weighted by Gasteiger charge is 2.70. The largest absolute Gasteiger partial charge is 0.352 e. The van der Waals surface area contributed by atoms with E-state index in [1.165, 1.54) is 12.0 Å². The highest BCUT2D eigenvalue weighted by Crippen LogP contribution is 2.58. The summed E-state index contributed by atoms with van der Waals surface area (Å²) < 4.78 is 0. The third-order valence-corrected chi connectivity index (χ3v) is 9.39. The van der Waals surface area contributed by atoms with Gasteiger partial charge in [0.25, 0.3) is 0 Å². The molecule has 3 heterocycles. The number of amides is 1. The standard InChI is InChI=1S/C37H40N2O3/c1-6-7-8-11-24-15-17-25(18-16-24)33(40)31-32(34(41)36(3,4)5)39-29-20-14-23(2)22-26(29)19-21-30(39)37(31)27-12-9-10-13-28(27)38-35(37)42/h9-10,12-22,30-32H,6-8,11H2,1-5H3,(H,38,42). The molecular weight excluding hydrogens is 520 g/mol. The van der Waals surface area contributed by atoms with Gasteiger partial charge in [0.05, 0.1) is 12.0 Å². The third kappa shape index (κ3) is 4.24. The first-order chi connectivity index (χ1) is 20.1. The summed E-state index contributed by atoms with van der Waals surface area (Å²) in [5.74, 6) is -1.35. The highest BCUT2D eigenvalue weighted by molar-refractivity contribution is 6.17. The summed E-state index contributed by atoms with van der Waals surface area (Å²) in [6, 6.07) is 20.3. The number of hydrogen-bond donors (Lipinski definition) is 1. The Bertz CT molecular complexity index is 1600. The van der Waals surface area contributed by atoms with E-state index >= 15 is 0 Å². The second-order valence-electron chi connectivity index (χ2n) is 13.2. The zero-order chi connectivity index (χ0) is 29.8. The molecule has 3 aliphatic rings. The summed E-state index contributed by atoms with van der Waals surface area (Å²) >= 11 is 0. The fourth-order valence-electron chi connectivity index (χ4n) is 7.34. The lowest BCUT2D eigenvalue weighted by atomic mass is 9.63. The minimum atomic E-state index is -1.27. The molecule has 216 valence electrons. The van der Waals surface area contributed by atoms with Gasteiger partial charge in [-0.3, -0.25) is 14.4 Å². The molecule has 4 atom stereocenters. The van der Waals surface area contributed by atoms with Crippen LogP contribution in [-0.4, -0.2) is 29.6 Å². The molecule has 4 unspecified atom stereocenters. The summed E-state index contributed by atoms with van der Waals surface area (Å²) in [4.78, 5) is 46.0. The number of unbranched alkanes of at least 4 members (excludes halogenated alkanes) is 2. The van der Waals surface area contributed by atoms with E-state index in [0.717, 1.165) is 41.6 Å². The van der Waals surface area contributed by atoms with Crippen molar-refractivity contribution >= 4 is 34.9 Å². The van der Waals surface area contributed by atoms with Crippen LogP contribution in [0.1, 0.15) is 79.6 Å². The van der Waals surface area contributed by atoms with Crippen molar-refractivity contribution in [3.05, 3.63) is 101 Å². The maximum atomic E-state index is 14.9. The Morgan fingerprint density at radius 1 is 0.976 bits per heavy atom.